The number of hydrogen-bond acceptors (Lipinski definition) is 5. The van der Waals surface area contributed by atoms with Crippen molar-refractivity contribution in [2.75, 3.05) is 19.5 Å². The fraction of sp³-hybridized carbons (Fsp3) is 0.0909. The van der Waals surface area contributed by atoms with Crippen LogP contribution in [0.5, 0.6) is 11.5 Å². The Kier molecular flexibility index (Phi) is 5.81. The van der Waals surface area contributed by atoms with E-state index in [4.69, 9.17) is 32.7 Å². The lowest BCUT2D eigenvalue weighted by atomic mass is 10.1. The Balaban J connectivity index is 1.74. The Bertz CT molecular complexity index is 1200. The number of methoxy groups -OCH3 is 2. The van der Waals surface area contributed by atoms with E-state index in [0.29, 0.717) is 32.8 Å². The molecule has 1 heterocycles. The number of carbonyl (C=O) groups is 1. The molecule has 8 heteroatoms. The molecule has 0 aliphatic heterocycles. The molecule has 4 aromatic rings. The molecule has 1 N–H and O–H groups in total. The highest BCUT2D eigenvalue weighted by Gasteiger charge is 2.20. The number of benzene rings is 3. The molecule has 30 heavy (non-hydrogen) atoms. The van der Waals surface area contributed by atoms with Gasteiger partial charge in [0.15, 0.2) is 0 Å². The Morgan fingerprint density at radius 1 is 0.967 bits per heavy atom. The first kappa shape index (κ1) is 20.5. The third-order valence-electron chi connectivity index (χ3n) is 4.48. The smallest absolute Gasteiger partial charge is 0.263 e. The largest absolute Gasteiger partial charge is 0.496 e. The predicted molar refractivity (Wildman–Crippen MR) is 123 cm³/mol. The average molecular weight is 459 g/mol. The molecule has 0 radical (unpaired) electrons. The molecule has 3 aromatic carbocycles. The number of anilines is 1. The molecule has 4 rings (SSSR count). The number of nitrogens with one attached hydrogen (secondary N) is 1. The number of aromatic nitrogens is 1. The Hall–Kier alpha value is -2.80. The van der Waals surface area contributed by atoms with E-state index in [9.17, 15) is 4.79 Å². The van der Waals surface area contributed by atoms with Crippen molar-refractivity contribution < 1.29 is 14.3 Å². The van der Waals surface area contributed by atoms with Gasteiger partial charge in [-0.2, -0.15) is 0 Å². The van der Waals surface area contributed by atoms with E-state index < -0.39 is 5.91 Å². The van der Waals surface area contributed by atoms with E-state index in [1.807, 2.05) is 24.3 Å². The predicted octanol–water partition coefficient (Wildman–Crippen LogP) is 6.54. The zero-order valence-electron chi connectivity index (χ0n) is 16.0. The second-order valence-electron chi connectivity index (χ2n) is 6.29. The van der Waals surface area contributed by atoms with Crippen molar-refractivity contribution >= 4 is 56.3 Å². The Labute approximate surface area is 187 Å². The minimum absolute atomic E-state index is 0.273. The molecular weight excluding hydrogens is 443 g/mol. The first-order valence-electron chi connectivity index (χ1n) is 8.89. The highest BCUT2D eigenvalue weighted by molar-refractivity contribution is 7.21. The highest BCUT2D eigenvalue weighted by Crippen LogP contribution is 2.39. The summed E-state index contributed by atoms with van der Waals surface area (Å²) in [7, 11) is 2.98. The van der Waals surface area contributed by atoms with E-state index >= 15 is 0 Å². The maximum absolute atomic E-state index is 13.0. The van der Waals surface area contributed by atoms with Gasteiger partial charge in [0.05, 0.1) is 40.2 Å². The van der Waals surface area contributed by atoms with Crippen LogP contribution in [0.1, 0.15) is 10.4 Å². The van der Waals surface area contributed by atoms with Gasteiger partial charge in [-0.1, -0.05) is 41.4 Å². The third-order valence-corrected chi connectivity index (χ3v) is 6.18. The fourth-order valence-electron chi connectivity index (χ4n) is 3.06. The van der Waals surface area contributed by atoms with Gasteiger partial charge >= 0.3 is 0 Å². The molecule has 1 amide bonds. The van der Waals surface area contributed by atoms with E-state index in [0.717, 1.165) is 15.2 Å². The number of amides is 1. The topological polar surface area (TPSA) is 60.5 Å². The first-order chi connectivity index (χ1) is 14.5. The fourth-order valence-corrected chi connectivity index (χ4v) is 4.63. The van der Waals surface area contributed by atoms with Crippen LogP contribution in [0.2, 0.25) is 10.0 Å². The van der Waals surface area contributed by atoms with Crippen LogP contribution in [0.25, 0.3) is 20.8 Å². The lowest BCUT2D eigenvalue weighted by molar-refractivity contribution is 0.102. The van der Waals surface area contributed by atoms with Crippen LogP contribution in [0.4, 0.5) is 5.69 Å². The van der Waals surface area contributed by atoms with Crippen LogP contribution in [0, 0.1) is 0 Å². The van der Waals surface area contributed by atoms with Crippen LogP contribution in [-0.2, 0) is 0 Å². The van der Waals surface area contributed by atoms with Gasteiger partial charge in [0, 0.05) is 5.56 Å². The molecule has 0 unspecified atom stereocenters. The van der Waals surface area contributed by atoms with Crippen molar-refractivity contribution in [3.63, 3.8) is 0 Å². The number of fused-ring (bicyclic) bond motifs is 1. The molecule has 0 spiro atoms. The van der Waals surface area contributed by atoms with Crippen LogP contribution in [0.15, 0.2) is 54.6 Å². The van der Waals surface area contributed by atoms with Crippen molar-refractivity contribution in [2.24, 2.45) is 0 Å². The van der Waals surface area contributed by atoms with Crippen LogP contribution in [-0.4, -0.2) is 25.1 Å². The summed E-state index contributed by atoms with van der Waals surface area (Å²) in [6.45, 7) is 0. The summed E-state index contributed by atoms with van der Waals surface area (Å²) in [5.41, 5.74) is 2.25. The van der Waals surface area contributed by atoms with Gasteiger partial charge in [0.2, 0.25) is 0 Å². The zero-order chi connectivity index (χ0) is 21.3. The SMILES string of the molecule is COc1cccc(OC)c1C(=O)Nc1cc(-c2nc3ccccc3s2)c(Cl)cc1Cl. The van der Waals surface area contributed by atoms with Crippen molar-refractivity contribution in [3.05, 3.63) is 70.2 Å². The summed E-state index contributed by atoms with van der Waals surface area (Å²) in [5.74, 6) is 0.371. The van der Waals surface area contributed by atoms with Gasteiger partial charge in [-0.05, 0) is 36.4 Å². The number of thiazole rings is 1. The van der Waals surface area contributed by atoms with E-state index in [-0.39, 0.29) is 5.56 Å². The number of para-hydroxylation sites is 1. The van der Waals surface area contributed by atoms with E-state index in [1.165, 1.54) is 25.6 Å². The van der Waals surface area contributed by atoms with E-state index in [1.54, 1.807) is 30.3 Å². The maximum atomic E-state index is 13.0. The van der Waals surface area contributed by atoms with Crippen molar-refractivity contribution in [2.45, 2.75) is 0 Å². The molecule has 0 fully saturated rings. The van der Waals surface area contributed by atoms with Crippen molar-refractivity contribution in [3.8, 4) is 22.1 Å². The quantitative estimate of drug-likeness (QED) is 0.368. The number of nitrogens with zero attached hydrogens (tertiary/aromatic N) is 1. The molecule has 5 nitrogen and oxygen atoms in total. The Morgan fingerprint density at radius 2 is 1.67 bits per heavy atom. The molecular formula is C22H16Cl2N2O3S. The second-order valence-corrected chi connectivity index (χ2v) is 8.14. The average Bonchev–Trinajstić information content (AvgIpc) is 3.18. The highest BCUT2D eigenvalue weighted by atomic mass is 35.5. The number of rotatable bonds is 5. The lowest BCUT2D eigenvalue weighted by Crippen LogP contribution is -2.15. The minimum atomic E-state index is -0.413. The maximum Gasteiger partial charge on any atom is 0.263 e. The molecule has 1 aromatic heterocycles. The number of carbonyl (C=O) groups excluding carboxylic acids is 1. The van der Waals surface area contributed by atoms with Gasteiger partial charge in [-0.25, -0.2) is 4.98 Å². The summed E-state index contributed by atoms with van der Waals surface area (Å²) in [6.07, 6.45) is 0. The molecule has 0 saturated carbocycles. The van der Waals surface area contributed by atoms with Crippen molar-refractivity contribution in [1.82, 2.24) is 4.98 Å². The molecule has 0 aliphatic carbocycles. The monoisotopic (exact) mass is 458 g/mol. The zero-order valence-corrected chi connectivity index (χ0v) is 18.4. The van der Waals surface area contributed by atoms with Gasteiger partial charge < -0.3 is 14.8 Å². The van der Waals surface area contributed by atoms with Gasteiger partial charge in [0.1, 0.15) is 22.1 Å². The number of halogens is 2. The van der Waals surface area contributed by atoms with Gasteiger partial charge in [0.25, 0.3) is 5.91 Å². The van der Waals surface area contributed by atoms with Gasteiger partial charge in [-0.15, -0.1) is 11.3 Å². The summed E-state index contributed by atoms with van der Waals surface area (Å²) in [5, 5.41) is 4.34. The number of hydrogen-bond donors (Lipinski definition) is 1. The summed E-state index contributed by atoms with van der Waals surface area (Å²) in [6, 6.07) is 16.3. The summed E-state index contributed by atoms with van der Waals surface area (Å²) in [4.78, 5) is 17.7. The standard InChI is InChI=1S/C22H16Cl2N2O3S/c1-28-17-7-5-8-18(29-2)20(17)21(27)25-16-10-12(13(23)11-14(16)24)22-26-15-6-3-4-9-19(15)30-22/h3-11H,1-2H3,(H,25,27). The van der Waals surface area contributed by atoms with E-state index in [2.05, 4.69) is 10.3 Å². The summed E-state index contributed by atoms with van der Waals surface area (Å²) < 4.78 is 11.7. The first-order valence-corrected chi connectivity index (χ1v) is 10.5. The van der Waals surface area contributed by atoms with Gasteiger partial charge in [-0.3, -0.25) is 4.79 Å². The minimum Gasteiger partial charge on any atom is -0.496 e. The third kappa shape index (κ3) is 3.81. The summed E-state index contributed by atoms with van der Waals surface area (Å²) >= 11 is 14.3. The molecule has 0 atom stereocenters. The lowest BCUT2D eigenvalue weighted by Gasteiger charge is -2.14. The molecule has 152 valence electrons. The second kappa shape index (κ2) is 8.52. The van der Waals surface area contributed by atoms with Crippen LogP contribution in [0.3, 0.4) is 0 Å². The number of ether oxygens (including phenoxy) is 2. The van der Waals surface area contributed by atoms with Crippen LogP contribution >= 0.6 is 34.5 Å². The Morgan fingerprint density at radius 3 is 2.33 bits per heavy atom. The molecule has 0 saturated heterocycles. The molecule has 0 aliphatic rings. The normalized spacial score (nSPS) is 10.8. The molecule has 0 bridgehead atoms. The van der Waals surface area contributed by atoms with Crippen molar-refractivity contribution in [1.29, 1.82) is 0 Å². The van der Waals surface area contributed by atoms with Crippen LogP contribution < -0.4 is 14.8 Å².